The molecule has 0 amide bonds. The van der Waals surface area contributed by atoms with Crippen LogP contribution < -0.4 is 0 Å². The molecule has 1 N–H and O–H groups in total. The van der Waals surface area contributed by atoms with E-state index in [9.17, 15) is 0 Å². The second kappa shape index (κ2) is 10.0. The van der Waals surface area contributed by atoms with Crippen LogP contribution in [0.3, 0.4) is 0 Å². The zero-order valence-electron chi connectivity index (χ0n) is 10.5. The van der Waals surface area contributed by atoms with Crippen molar-refractivity contribution in [1.82, 2.24) is 0 Å². The van der Waals surface area contributed by atoms with Crippen molar-refractivity contribution in [1.29, 1.82) is 5.41 Å². The SMILES string of the molecule is CC(C)O[SiH](OC(C)C)C(C)C.N=C=O. The fraction of sp³-hybridized carbons (Fsp3) is 0.900. The molecular formula is C10H23NO3Si. The molecule has 0 spiro atoms. The van der Waals surface area contributed by atoms with Crippen LogP contribution in [0.1, 0.15) is 41.5 Å². The molecule has 0 bridgehead atoms. The van der Waals surface area contributed by atoms with E-state index in [2.05, 4.69) is 41.5 Å². The van der Waals surface area contributed by atoms with Gasteiger partial charge in [-0.05, 0) is 33.2 Å². The van der Waals surface area contributed by atoms with Crippen molar-refractivity contribution in [2.45, 2.75) is 59.3 Å². The van der Waals surface area contributed by atoms with Crippen molar-refractivity contribution in [2.24, 2.45) is 0 Å². The number of carbonyl (C=O) groups excluding carboxylic acids is 1. The van der Waals surface area contributed by atoms with Gasteiger partial charge in [0.1, 0.15) is 0 Å². The molecule has 0 aromatic rings. The van der Waals surface area contributed by atoms with Gasteiger partial charge in [-0.25, -0.2) is 10.2 Å². The van der Waals surface area contributed by atoms with Crippen LogP contribution in [0.15, 0.2) is 0 Å². The molecule has 0 unspecified atom stereocenters. The highest BCUT2D eigenvalue weighted by atomic mass is 28.3. The Bertz CT molecular complexity index is 168. The molecule has 0 heterocycles. The highest BCUT2D eigenvalue weighted by Gasteiger charge is 2.20. The molecule has 4 nitrogen and oxygen atoms in total. The summed E-state index contributed by atoms with van der Waals surface area (Å²) in [5.41, 5.74) is 0.551. The fourth-order valence-corrected chi connectivity index (χ4v) is 2.65. The average molecular weight is 233 g/mol. The van der Waals surface area contributed by atoms with Crippen LogP contribution in [0.4, 0.5) is 0 Å². The van der Waals surface area contributed by atoms with Crippen LogP contribution in [0.2, 0.25) is 5.54 Å². The lowest BCUT2D eigenvalue weighted by atomic mass is 10.5. The normalized spacial score (nSPS) is 10.5. The maximum absolute atomic E-state index is 8.35. The van der Waals surface area contributed by atoms with Gasteiger partial charge in [0.05, 0.1) is 0 Å². The summed E-state index contributed by atoms with van der Waals surface area (Å²) in [5.74, 6) is 0. The summed E-state index contributed by atoms with van der Waals surface area (Å²) in [6.07, 6.45) is 1.34. The first-order valence-electron chi connectivity index (χ1n) is 5.19. The van der Waals surface area contributed by atoms with Crippen molar-refractivity contribution in [2.75, 3.05) is 0 Å². The summed E-state index contributed by atoms with van der Waals surface area (Å²) in [6, 6.07) is 0. The summed E-state index contributed by atoms with van der Waals surface area (Å²) >= 11 is 0. The standard InChI is InChI=1S/C9H22O2Si.CHNO/c1-7(2)10-12(9(5)6)11-8(3)4;2-1-3/h7-9,12H,1-6H3;2H. The fourth-order valence-electron chi connectivity index (χ4n) is 0.883. The van der Waals surface area contributed by atoms with E-state index < -0.39 is 9.28 Å². The van der Waals surface area contributed by atoms with Gasteiger partial charge < -0.3 is 8.85 Å². The molecule has 0 fully saturated rings. The highest BCUT2D eigenvalue weighted by Crippen LogP contribution is 2.13. The van der Waals surface area contributed by atoms with E-state index in [1.54, 1.807) is 0 Å². The van der Waals surface area contributed by atoms with Crippen LogP contribution in [0.5, 0.6) is 0 Å². The molecule has 0 aliphatic heterocycles. The highest BCUT2D eigenvalue weighted by molar-refractivity contribution is 6.46. The quantitative estimate of drug-likeness (QED) is 0.450. The molecule has 0 saturated heterocycles. The Morgan fingerprint density at radius 1 is 1.00 bits per heavy atom. The number of nitrogens with one attached hydrogen (secondary N) is 1. The van der Waals surface area contributed by atoms with Crippen molar-refractivity contribution in [3.8, 4) is 0 Å². The third kappa shape index (κ3) is 13.5. The predicted octanol–water partition coefficient (Wildman–Crippen LogP) is 2.37. The summed E-state index contributed by atoms with van der Waals surface area (Å²) in [4.78, 5) is 8.35. The van der Waals surface area contributed by atoms with Crippen molar-refractivity contribution in [3.63, 3.8) is 0 Å². The first-order valence-corrected chi connectivity index (χ1v) is 6.80. The van der Waals surface area contributed by atoms with Crippen LogP contribution in [0.25, 0.3) is 0 Å². The van der Waals surface area contributed by atoms with Gasteiger partial charge in [0.15, 0.2) is 0 Å². The number of hydrogen-bond donors (Lipinski definition) is 1. The lowest BCUT2D eigenvalue weighted by Crippen LogP contribution is -2.32. The minimum absolute atomic E-state index is 0.294. The Balaban J connectivity index is 0. The minimum atomic E-state index is -1.42. The lowest BCUT2D eigenvalue weighted by Gasteiger charge is -2.24. The molecular weight excluding hydrogens is 210 g/mol. The van der Waals surface area contributed by atoms with Crippen molar-refractivity contribution >= 4 is 15.4 Å². The molecule has 0 radical (unpaired) electrons. The Morgan fingerprint density at radius 3 is 1.40 bits per heavy atom. The number of hydrogen-bond acceptors (Lipinski definition) is 4. The van der Waals surface area contributed by atoms with Gasteiger partial charge in [-0.15, -0.1) is 0 Å². The van der Waals surface area contributed by atoms with Crippen molar-refractivity contribution < 1.29 is 13.6 Å². The monoisotopic (exact) mass is 233 g/mol. The van der Waals surface area contributed by atoms with Crippen LogP contribution >= 0.6 is 0 Å². The minimum Gasteiger partial charge on any atom is -0.394 e. The maximum atomic E-state index is 8.35. The first kappa shape index (κ1) is 16.9. The van der Waals surface area contributed by atoms with Crippen LogP contribution in [-0.4, -0.2) is 27.6 Å². The molecule has 5 heteroatoms. The van der Waals surface area contributed by atoms with E-state index in [4.69, 9.17) is 19.1 Å². The van der Waals surface area contributed by atoms with E-state index in [0.29, 0.717) is 17.7 Å². The van der Waals surface area contributed by atoms with E-state index in [1.807, 2.05) is 0 Å². The molecule has 0 saturated carbocycles. The van der Waals surface area contributed by atoms with Gasteiger partial charge in [-0.2, -0.15) is 0 Å². The molecule has 0 aromatic carbocycles. The first-order chi connectivity index (χ1) is 6.84. The van der Waals surface area contributed by atoms with E-state index in [0.717, 1.165) is 6.08 Å². The van der Waals surface area contributed by atoms with Crippen molar-refractivity contribution in [3.05, 3.63) is 0 Å². The molecule has 15 heavy (non-hydrogen) atoms. The van der Waals surface area contributed by atoms with Crippen LogP contribution in [0, 0.1) is 5.41 Å². The van der Waals surface area contributed by atoms with Gasteiger partial charge in [0, 0.05) is 12.2 Å². The van der Waals surface area contributed by atoms with Gasteiger partial charge in [-0.3, -0.25) is 0 Å². The van der Waals surface area contributed by atoms with Gasteiger partial charge in [0.2, 0.25) is 6.08 Å². The third-order valence-electron chi connectivity index (χ3n) is 1.36. The summed E-state index contributed by atoms with van der Waals surface area (Å²) < 4.78 is 11.5. The molecule has 0 aliphatic carbocycles. The molecule has 0 rings (SSSR count). The Hall–Kier alpha value is -0.483. The van der Waals surface area contributed by atoms with Gasteiger partial charge in [-0.1, -0.05) is 13.8 Å². The third-order valence-corrected chi connectivity index (χ3v) is 4.07. The number of isocyanates is 1. The topological polar surface area (TPSA) is 59.4 Å². The summed E-state index contributed by atoms with van der Waals surface area (Å²) in [6.45, 7) is 12.6. The summed E-state index contributed by atoms with van der Waals surface area (Å²) in [5, 5.41) is 5.40. The zero-order chi connectivity index (χ0) is 12.4. The maximum Gasteiger partial charge on any atom is 0.324 e. The smallest absolute Gasteiger partial charge is 0.324 e. The van der Waals surface area contributed by atoms with Gasteiger partial charge in [0.25, 0.3) is 0 Å². The molecule has 90 valence electrons. The Kier molecular flexibility index (Phi) is 11.3. The largest absolute Gasteiger partial charge is 0.394 e. The van der Waals surface area contributed by atoms with E-state index in [-0.39, 0.29) is 0 Å². The lowest BCUT2D eigenvalue weighted by molar-refractivity contribution is 0.125. The van der Waals surface area contributed by atoms with Gasteiger partial charge >= 0.3 is 9.28 Å². The van der Waals surface area contributed by atoms with Crippen LogP contribution in [-0.2, 0) is 13.6 Å². The molecule has 0 atom stereocenters. The summed E-state index contributed by atoms with van der Waals surface area (Å²) in [7, 11) is -1.42. The zero-order valence-corrected chi connectivity index (χ0v) is 11.7. The Morgan fingerprint density at radius 2 is 1.27 bits per heavy atom. The second-order valence-electron chi connectivity index (χ2n) is 4.08. The predicted molar refractivity (Wildman–Crippen MR) is 63.1 cm³/mol. The van der Waals surface area contributed by atoms with E-state index in [1.165, 1.54) is 0 Å². The van der Waals surface area contributed by atoms with E-state index >= 15 is 0 Å². The molecule has 0 aromatic heterocycles. The average Bonchev–Trinajstić information content (AvgIpc) is 2.02. The Labute approximate surface area is 94.3 Å². The second-order valence-corrected chi connectivity index (χ2v) is 6.70. The molecule has 0 aliphatic rings. The number of rotatable bonds is 5.